The SMILES string of the molecule is Cc1ccc(NC(=O)C(Sc2n[nH]c(-c3ccc(Cl)cc3)n2)c2ccccc2)cc1. The molecule has 0 aliphatic heterocycles. The lowest BCUT2D eigenvalue weighted by atomic mass is 10.1. The number of hydrogen-bond acceptors (Lipinski definition) is 4. The molecule has 1 heterocycles. The topological polar surface area (TPSA) is 70.7 Å². The van der Waals surface area contributed by atoms with Gasteiger partial charge >= 0.3 is 0 Å². The van der Waals surface area contributed by atoms with Crippen molar-refractivity contribution in [3.05, 3.63) is 95.0 Å². The third-order valence-corrected chi connectivity index (χ3v) is 5.83. The van der Waals surface area contributed by atoms with E-state index in [0.29, 0.717) is 16.0 Å². The zero-order valence-electron chi connectivity index (χ0n) is 16.2. The van der Waals surface area contributed by atoms with Crippen LogP contribution in [0.5, 0.6) is 0 Å². The van der Waals surface area contributed by atoms with Crippen molar-refractivity contribution < 1.29 is 4.79 Å². The number of benzene rings is 3. The predicted octanol–water partition coefficient (Wildman–Crippen LogP) is 5.91. The molecular weight excluding hydrogens is 416 g/mol. The number of thioether (sulfide) groups is 1. The molecule has 0 aliphatic rings. The first-order valence-corrected chi connectivity index (χ1v) is 10.6. The summed E-state index contributed by atoms with van der Waals surface area (Å²) >= 11 is 7.26. The number of aromatic amines is 1. The molecule has 0 spiro atoms. The zero-order chi connectivity index (χ0) is 20.9. The molecule has 1 unspecified atom stereocenters. The van der Waals surface area contributed by atoms with Crippen LogP contribution in [0.2, 0.25) is 5.02 Å². The van der Waals surface area contributed by atoms with E-state index in [-0.39, 0.29) is 5.91 Å². The van der Waals surface area contributed by atoms with Gasteiger partial charge in [0.05, 0.1) is 0 Å². The molecule has 2 N–H and O–H groups in total. The molecule has 0 aliphatic carbocycles. The zero-order valence-corrected chi connectivity index (χ0v) is 17.7. The van der Waals surface area contributed by atoms with Gasteiger partial charge in [-0.05, 0) is 48.9 Å². The molecule has 3 aromatic carbocycles. The summed E-state index contributed by atoms with van der Waals surface area (Å²) in [6.07, 6.45) is 0. The van der Waals surface area contributed by atoms with Gasteiger partial charge in [0.2, 0.25) is 11.1 Å². The number of aryl methyl sites for hydroxylation is 1. The molecule has 150 valence electrons. The van der Waals surface area contributed by atoms with Gasteiger partial charge in [0.15, 0.2) is 5.82 Å². The van der Waals surface area contributed by atoms with Gasteiger partial charge in [-0.15, -0.1) is 5.10 Å². The van der Waals surface area contributed by atoms with Crippen LogP contribution in [0.3, 0.4) is 0 Å². The number of nitrogens with one attached hydrogen (secondary N) is 2. The number of carbonyl (C=O) groups excluding carboxylic acids is 1. The molecule has 1 atom stereocenters. The van der Waals surface area contributed by atoms with E-state index in [2.05, 4.69) is 20.5 Å². The van der Waals surface area contributed by atoms with E-state index < -0.39 is 5.25 Å². The largest absolute Gasteiger partial charge is 0.325 e. The predicted molar refractivity (Wildman–Crippen MR) is 122 cm³/mol. The standard InChI is InChI=1S/C23H19ClN4OS/c1-15-7-13-19(14-8-15)25-22(29)20(16-5-3-2-4-6-16)30-23-26-21(27-28-23)17-9-11-18(24)12-10-17/h2-14,20H,1H3,(H,25,29)(H,26,27,28). The van der Waals surface area contributed by atoms with Gasteiger partial charge in [-0.2, -0.15) is 0 Å². The van der Waals surface area contributed by atoms with Crippen molar-refractivity contribution in [2.45, 2.75) is 17.3 Å². The van der Waals surface area contributed by atoms with Crippen LogP contribution in [0, 0.1) is 6.92 Å². The molecule has 0 saturated heterocycles. The second-order valence-corrected chi connectivity index (χ2v) is 8.25. The fourth-order valence-corrected chi connectivity index (χ4v) is 3.93. The number of carbonyl (C=O) groups is 1. The Morgan fingerprint density at radius 1 is 1.00 bits per heavy atom. The van der Waals surface area contributed by atoms with E-state index in [1.807, 2.05) is 73.7 Å². The van der Waals surface area contributed by atoms with Crippen molar-refractivity contribution >= 4 is 35.0 Å². The van der Waals surface area contributed by atoms with Crippen molar-refractivity contribution in [1.29, 1.82) is 0 Å². The monoisotopic (exact) mass is 434 g/mol. The van der Waals surface area contributed by atoms with Crippen LogP contribution in [0.25, 0.3) is 11.4 Å². The summed E-state index contributed by atoms with van der Waals surface area (Å²) in [6, 6.07) is 24.7. The summed E-state index contributed by atoms with van der Waals surface area (Å²) in [5.41, 5.74) is 3.64. The van der Waals surface area contributed by atoms with Crippen LogP contribution < -0.4 is 5.32 Å². The van der Waals surface area contributed by atoms with Crippen LogP contribution in [-0.2, 0) is 4.79 Å². The van der Waals surface area contributed by atoms with Crippen molar-refractivity contribution in [3.8, 4) is 11.4 Å². The van der Waals surface area contributed by atoms with E-state index in [1.54, 1.807) is 12.1 Å². The Morgan fingerprint density at radius 2 is 1.70 bits per heavy atom. The molecule has 7 heteroatoms. The van der Waals surface area contributed by atoms with E-state index in [1.165, 1.54) is 11.8 Å². The van der Waals surface area contributed by atoms with Crippen molar-refractivity contribution in [3.63, 3.8) is 0 Å². The number of anilines is 1. The third-order valence-electron chi connectivity index (χ3n) is 4.47. The van der Waals surface area contributed by atoms with Crippen LogP contribution in [0.1, 0.15) is 16.4 Å². The quantitative estimate of drug-likeness (QED) is 0.370. The van der Waals surface area contributed by atoms with Gasteiger partial charge in [0, 0.05) is 16.3 Å². The minimum absolute atomic E-state index is 0.132. The van der Waals surface area contributed by atoms with Crippen LogP contribution in [-0.4, -0.2) is 21.1 Å². The van der Waals surface area contributed by atoms with Gasteiger partial charge in [0.1, 0.15) is 5.25 Å². The Kier molecular flexibility index (Phi) is 6.16. The van der Waals surface area contributed by atoms with E-state index in [0.717, 1.165) is 22.4 Å². The van der Waals surface area contributed by atoms with Crippen LogP contribution >= 0.6 is 23.4 Å². The number of amides is 1. The first-order valence-electron chi connectivity index (χ1n) is 9.36. The Hall–Kier alpha value is -3.09. The van der Waals surface area contributed by atoms with Gasteiger partial charge in [-0.25, -0.2) is 4.98 Å². The maximum atomic E-state index is 13.1. The second kappa shape index (κ2) is 9.15. The molecule has 0 fully saturated rings. The highest BCUT2D eigenvalue weighted by Gasteiger charge is 2.24. The fourth-order valence-electron chi connectivity index (χ4n) is 2.89. The number of halogens is 1. The second-order valence-electron chi connectivity index (χ2n) is 6.74. The van der Waals surface area contributed by atoms with Gasteiger partial charge in [-0.3, -0.25) is 9.89 Å². The van der Waals surface area contributed by atoms with Gasteiger partial charge < -0.3 is 5.32 Å². The Balaban J connectivity index is 1.57. The number of aromatic nitrogens is 3. The summed E-state index contributed by atoms with van der Waals surface area (Å²) in [6.45, 7) is 2.01. The Morgan fingerprint density at radius 3 is 2.40 bits per heavy atom. The highest BCUT2D eigenvalue weighted by atomic mass is 35.5. The molecule has 4 aromatic rings. The molecular formula is C23H19ClN4OS. The molecule has 0 saturated carbocycles. The van der Waals surface area contributed by atoms with Gasteiger partial charge in [0.25, 0.3) is 0 Å². The number of H-pyrrole nitrogens is 1. The highest BCUT2D eigenvalue weighted by molar-refractivity contribution is 8.00. The Bertz CT molecular complexity index is 1130. The Labute approximate surface area is 183 Å². The summed E-state index contributed by atoms with van der Waals surface area (Å²) < 4.78 is 0. The lowest BCUT2D eigenvalue weighted by molar-refractivity contribution is -0.115. The average Bonchev–Trinajstić information content (AvgIpc) is 3.23. The van der Waals surface area contributed by atoms with Crippen molar-refractivity contribution in [1.82, 2.24) is 15.2 Å². The summed E-state index contributed by atoms with van der Waals surface area (Å²) in [5, 5.41) is 10.9. The first-order chi connectivity index (χ1) is 14.6. The highest BCUT2D eigenvalue weighted by Crippen LogP contribution is 2.35. The third kappa shape index (κ3) is 4.90. The lowest BCUT2D eigenvalue weighted by Crippen LogP contribution is -2.19. The first kappa shape index (κ1) is 20.2. The molecule has 5 nitrogen and oxygen atoms in total. The lowest BCUT2D eigenvalue weighted by Gasteiger charge is -2.15. The summed E-state index contributed by atoms with van der Waals surface area (Å²) in [5.74, 6) is 0.493. The molecule has 4 rings (SSSR count). The molecule has 1 amide bonds. The average molecular weight is 435 g/mol. The number of hydrogen-bond donors (Lipinski definition) is 2. The number of nitrogens with zero attached hydrogens (tertiary/aromatic N) is 2. The maximum absolute atomic E-state index is 13.1. The van der Waals surface area contributed by atoms with E-state index in [9.17, 15) is 4.79 Å². The summed E-state index contributed by atoms with van der Waals surface area (Å²) in [7, 11) is 0. The van der Waals surface area contributed by atoms with Crippen LogP contribution in [0.4, 0.5) is 5.69 Å². The maximum Gasteiger partial charge on any atom is 0.242 e. The van der Waals surface area contributed by atoms with Crippen molar-refractivity contribution in [2.24, 2.45) is 0 Å². The minimum atomic E-state index is -0.499. The molecule has 0 bridgehead atoms. The normalized spacial score (nSPS) is 11.8. The van der Waals surface area contributed by atoms with Crippen molar-refractivity contribution in [2.75, 3.05) is 5.32 Å². The molecule has 1 aromatic heterocycles. The molecule has 0 radical (unpaired) electrons. The smallest absolute Gasteiger partial charge is 0.242 e. The molecule has 30 heavy (non-hydrogen) atoms. The summed E-state index contributed by atoms with van der Waals surface area (Å²) in [4.78, 5) is 17.7. The van der Waals surface area contributed by atoms with E-state index in [4.69, 9.17) is 11.6 Å². The van der Waals surface area contributed by atoms with E-state index >= 15 is 0 Å². The van der Waals surface area contributed by atoms with Crippen LogP contribution in [0.15, 0.2) is 84.0 Å². The van der Waals surface area contributed by atoms with Gasteiger partial charge in [-0.1, -0.05) is 71.4 Å². The fraction of sp³-hybridized carbons (Fsp3) is 0.0870. The minimum Gasteiger partial charge on any atom is -0.325 e. The number of rotatable bonds is 6.